The lowest BCUT2D eigenvalue weighted by Crippen LogP contribution is -2.58. The number of hydrogen-bond donors (Lipinski definition) is 1. The standard InChI is InChI=1S/C41H47N3O4S/c1-6-22-42(26-31-16-12-9-13-17-31)37(46)34-35-38(47)44(32(27-45)25-30-14-10-8-11-15-30)36(41(35)21-20-40(34,5)49-41)39(48)43(23-7-2)33-24-28(3)18-19-29(33)4/h6-19,24,32,34-36,45H,1-2,20-23,25-27H2,3-5H3/t32-,34-,35+,36?,40+,41?/m1/s1. The molecule has 3 aromatic carbocycles. The van der Waals surface area contributed by atoms with E-state index in [9.17, 15) is 9.90 Å². The fourth-order valence-electron chi connectivity index (χ4n) is 8.53. The smallest absolute Gasteiger partial charge is 0.251 e. The Hall–Kier alpha value is -4.14. The molecule has 1 N–H and O–H groups in total. The predicted octanol–water partition coefficient (Wildman–Crippen LogP) is 6.12. The molecule has 3 aliphatic rings. The number of carbonyl (C=O) groups is 3. The molecular formula is C41H47N3O4S. The first-order valence-corrected chi connectivity index (χ1v) is 18.0. The second-order valence-corrected chi connectivity index (χ2v) is 15.9. The number of anilines is 1. The van der Waals surface area contributed by atoms with Gasteiger partial charge in [0.25, 0.3) is 5.91 Å². The highest BCUT2D eigenvalue weighted by molar-refractivity contribution is 8.02. The molecule has 1 spiro atoms. The molecule has 2 unspecified atom stereocenters. The highest BCUT2D eigenvalue weighted by Crippen LogP contribution is 2.72. The minimum atomic E-state index is -0.877. The van der Waals surface area contributed by atoms with Crippen molar-refractivity contribution in [1.29, 1.82) is 0 Å². The summed E-state index contributed by atoms with van der Waals surface area (Å²) in [6.45, 7) is 14.7. The van der Waals surface area contributed by atoms with Crippen LogP contribution in [0.25, 0.3) is 0 Å². The van der Waals surface area contributed by atoms with E-state index in [0.29, 0.717) is 32.4 Å². The minimum absolute atomic E-state index is 0.0900. The van der Waals surface area contributed by atoms with E-state index in [-0.39, 0.29) is 30.9 Å². The quantitative estimate of drug-likeness (QED) is 0.221. The van der Waals surface area contributed by atoms with Crippen molar-refractivity contribution in [2.45, 2.75) is 68.2 Å². The van der Waals surface area contributed by atoms with Crippen LogP contribution in [0.15, 0.2) is 104 Å². The molecule has 3 saturated heterocycles. The third-order valence-corrected chi connectivity index (χ3v) is 12.7. The van der Waals surface area contributed by atoms with Gasteiger partial charge in [-0.2, -0.15) is 0 Å². The third kappa shape index (κ3) is 6.14. The Morgan fingerprint density at radius 2 is 1.61 bits per heavy atom. The summed E-state index contributed by atoms with van der Waals surface area (Å²) in [6, 6.07) is 24.1. The van der Waals surface area contributed by atoms with Gasteiger partial charge in [-0.1, -0.05) is 84.9 Å². The molecule has 3 fully saturated rings. The summed E-state index contributed by atoms with van der Waals surface area (Å²) in [5.74, 6) is -1.86. The van der Waals surface area contributed by atoms with Crippen molar-refractivity contribution in [2.24, 2.45) is 11.8 Å². The van der Waals surface area contributed by atoms with Crippen LogP contribution in [0.1, 0.15) is 42.0 Å². The molecule has 0 aromatic heterocycles. The number of aliphatic hydroxyl groups is 1. The maximum absolute atomic E-state index is 15.3. The van der Waals surface area contributed by atoms with Crippen LogP contribution in [0.2, 0.25) is 0 Å². The summed E-state index contributed by atoms with van der Waals surface area (Å²) >= 11 is 1.66. The Labute approximate surface area is 294 Å². The van der Waals surface area contributed by atoms with Crippen LogP contribution in [0, 0.1) is 25.7 Å². The number of rotatable bonds is 13. The Kier molecular flexibility index (Phi) is 9.92. The van der Waals surface area contributed by atoms with Crippen molar-refractivity contribution < 1.29 is 19.5 Å². The minimum Gasteiger partial charge on any atom is -0.394 e. The second-order valence-electron chi connectivity index (χ2n) is 14.0. The molecule has 2 bridgehead atoms. The average molecular weight is 678 g/mol. The van der Waals surface area contributed by atoms with Crippen LogP contribution in [-0.2, 0) is 27.3 Å². The number of nitrogens with zero attached hydrogens (tertiary/aromatic N) is 3. The molecule has 0 radical (unpaired) electrons. The Morgan fingerprint density at radius 1 is 0.959 bits per heavy atom. The summed E-state index contributed by atoms with van der Waals surface area (Å²) in [6.07, 6.45) is 5.16. The number of carbonyl (C=O) groups excluding carboxylic acids is 3. The lowest BCUT2D eigenvalue weighted by Gasteiger charge is -2.40. The van der Waals surface area contributed by atoms with Gasteiger partial charge >= 0.3 is 0 Å². The molecule has 3 aliphatic heterocycles. The van der Waals surface area contributed by atoms with Gasteiger partial charge in [0, 0.05) is 30.1 Å². The van der Waals surface area contributed by atoms with Gasteiger partial charge in [-0.05, 0) is 68.4 Å². The summed E-state index contributed by atoms with van der Waals surface area (Å²) in [7, 11) is 0. The Morgan fingerprint density at radius 3 is 2.24 bits per heavy atom. The molecule has 3 amide bonds. The number of aliphatic hydroxyl groups excluding tert-OH is 1. The Balaban J connectivity index is 1.46. The van der Waals surface area contributed by atoms with Gasteiger partial charge in [0.05, 0.1) is 29.2 Å². The SMILES string of the molecule is C=CCN(Cc1ccccc1)C(=O)[C@H]1[C@H]2C(=O)N([C@@H](CO)Cc3ccccc3)C(C(=O)N(CC=C)c3cc(C)ccc3C)C23CC[C@]1(C)S3. The van der Waals surface area contributed by atoms with E-state index < -0.39 is 33.4 Å². The summed E-state index contributed by atoms with van der Waals surface area (Å²) in [5, 5.41) is 11.0. The van der Waals surface area contributed by atoms with Gasteiger partial charge < -0.3 is 19.8 Å². The fraction of sp³-hybridized carbons (Fsp3) is 0.390. The van der Waals surface area contributed by atoms with Gasteiger partial charge in [0.15, 0.2) is 0 Å². The molecule has 8 heteroatoms. The van der Waals surface area contributed by atoms with E-state index in [1.165, 1.54) is 0 Å². The molecule has 3 aromatic rings. The number of thioether (sulfide) groups is 1. The lowest BCUT2D eigenvalue weighted by molar-refractivity contribution is -0.146. The number of fused-ring (bicyclic) bond motifs is 1. The van der Waals surface area contributed by atoms with Gasteiger partial charge in [0.1, 0.15) is 6.04 Å². The van der Waals surface area contributed by atoms with Crippen LogP contribution in [-0.4, -0.2) is 73.9 Å². The van der Waals surface area contributed by atoms with E-state index in [1.54, 1.807) is 38.6 Å². The zero-order valence-electron chi connectivity index (χ0n) is 28.8. The van der Waals surface area contributed by atoms with Crippen molar-refractivity contribution >= 4 is 35.2 Å². The molecular weight excluding hydrogens is 631 g/mol. The van der Waals surface area contributed by atoms with E-state index in [0.717, 1.165) is 27.9 Å². The highest BCUT2D eigenvalue weighted by atomic mass is 32.2. The van der Waals surface area contributed by atoms with E-state index in [4.69, 9.17) is 0 Å². The van der Waals surface area contributed by atoms with E-state index >= 15 is 9.59 Å². The number of amides is 3. The summed E-state index contributed by atoms with van der Waals surface area (Å²) in [4.78, 5) is 50.5. The Bertz CT molecular complexity index is 1730. The highest BCUT2D eigenvalue weighted by Gasteiger charge is 2.78. The largest absolute Gasteiger partial charge is 0.394 e. The summed E-state index contributed by atoms with van der Waals surface area (Å²) < 4.78 is -1.37. The van der Waals surface area contributed by atoms with Crippen LogP contribution in [0.5, 0.6) is 0 Å². The fourth-order valence-corrected chi connectivity index (χ4v) is 10.9. The number of hydrogen-bond acceptors (Lipinski definition) is 5. The van der Waals surface area contributed by atoms with Crippen molar-refractivity contribution in [3.63, 3.8) is 0 Å². The predicted molar refractivity (Wildman–Crippen MR) is 197 cm³/mol. The van der Waals surface area contributed by atoms with Crippen molar-refractivity contribution in [2.75, 3.05) is 24.6 Å². The molecule has 0 saturated carbocycles. The first-order valence-electron chi connectivity index (χ1n) is 17.2. The van der Waals surface area contributed by atoms with Crippen molar-refractivity contribution in [1.82, 2.24) is 9.80 Å². The van der Waals surface area contributed by atoms with Crippen LogP contribution in [0.3, 0.4) is 0 Å². The maximum atomic E-state index is 15.3. The first kappa shape index (κ1) is 34.7. The average Bonchev–Trinajstić information content (AvgIpc) is 3.68. The lowest BCUT2D eigenvalue weighted by atomic mass is 9.66. The van der Waals surface area contributed by atoms with Crippen molar-refractivity contribution in [3.8, 4) is 0 Å². The van der Waals surface area contributed by atoms with Crippen LogP contribution < -0.4 is 4.90 Å². The van der Waals surface area contributed by atoms with Gasteiger partial charge in [0.2, 0.25) is 11.8 Å². The molecule has 0 aliphatic carbocycles. The normalized spacial score (nSPS) is 25.9. The van der Waals surface area contributed by atoms with Gasteiger partial charge in [-0.15, -0.1) is 24.9 Å². The van der Waals surface area contributed by atoms with E-state index in [2.05, 4.69) is 20.1 Å². The monoisotopic (exact) mass is 677 g/mol. The summed E-state index contributed by atoms with van der Waals surface area (Å²) in [5.41, 5.74) is 4.70. The molecule has 49 heavy (non-hydrogen) atoms. The molecule has 6 rings (SSSR count). The molecule has 3 heterocycles. The zero-order chi connectivity index (χ0) is 34.9. The van der Waals surface area contributed by atoms with Crippen LogP contribution >= 0.6 is 11.8 Å². The second kappa shape index (κ2) is 14.0. The van der Waals surface area contributed by atoms with Crippen molar-refractivity contribution in [3.05, 3.63) is 126 Å². The van der Waals surface area contributed by atoms with E-state index in [1.807, 2.05) is 92.7 Å². The molecule has 256 valence electrons. The number of aryl methyl sites for hydroxylation is 2. The van der Waals surface area contributed by atoms with Gasteiger partial charge in [-0.25, -0.2) is 0 Å². The first-order chi connectivity index (χ1) is 23.6. The molecule has 7 nitrogen and oxygen atoms in total. The van der Waals surface area contributed by atoms with Gasteiger partial charge in [-0.3, -0.25) is 14.4 Å². The zero-order valence-corrected chi connectivity index (χ0v) is 29.6. The van der Waals surface area contributed by atoms with Crippen LogP contribution in [0.4, 0.5) is 5.69 Å². The topological polar surface area (TPSA) is 81.2 Å². The number of benzene rings is 3. The number of likely N-dealkylation sites (tertiary alicyclic amines) is 1. The third-order valence-electron chi connectivity index (χ3n) is 10.7. The maximum Gasteiger partial charge on any atom is 0.251 e. The molecule has 6 atom stereocenters.